The van der Waals surface area contributed by atoms with Crippen LogP contribution in [-0.4, -0.2) is 15.0 Å². The van der Waals surface area contributed by atoms with E-state index in [2.05, 4.69) is 53.8 Å². The number of aryl methyl sites for hydroxylation is 4. The molecule has 0 N–H and O–H groups in total. The van der Waals surface area contributed by atoms with Crippen molar-refractivity contribution in [1.29, 1.82) is 0 Å². The smallest absolute Gasteiger partial charge is 0.0962 e. The Labute approximate surface area is 181 Å². The van der Waals surface area contributed by atoms with Crippen molar-refractivity contribution in [2.24, 2.45) is 0 Å². The summed E-state index contributed by atoms with van der Waals surface area (Å²) < 4.78 is 0. The van der Waals surface area contributed by atoms with Crippen LogP contribution < -0.4 is 0 Å². The van der Waals surface area contributed by atoms with Gasteiger partial charge in [-0.1, -0.05) is 27.7 Å². The Morgan fingerprint density at radius 2 is 1.50 bits per heavy atom. The van der Waals surface area contributed by atoms with Gasteiger partial charge in [0.1, 0.15) is 0 Å². The predicted molar refractivity (Wildman–Crippen MR) is 123 cm³/mol. The van der Waals surface area contributed by atoms with Crippen LogP contribution in [0.4, 0.5) is 0 Å². The van der Waals surface area contributed by atoms with Gasteiger partial charge in [0.15, 0.2) is 0 Å². The highest BCUT2D eigenvalue weighted by Crippen LogP contribution is 2.32. The molecule has 0 spiro atoms. The Balaban J connectivity index is 1.61. The van der Waals surface area contributed by atoms with Gasteiger partial charge in [-0.05, 0) is 40.0 Å². The highest BCUT2D eigenvalue weighted by molar-refractivity contribution is 7.12. The number of nitrogens with zero attached hydrogens (tertiary/aromatic N) is 3. The molecule has 2 atom stereocenters. The third kappa shape index (κ3) is 5.08. The monoisotopic (exact) mass is 433 g/mol. The first-order chi connectivity index (χ1) is 13.2. The Hall–Kier alpha value is -1.11. The molecule has 3 nitrogen and oxygen atoms in total. The third-order valence-electron chi connectivity index (χ3n) is 5.19. The van der Waals surface area contributed by atoms with E-state index in [9.17, 15) is 0 Å². The van der Waals surface area contributed by atoms with E-state index in [-0.39, 0.29) is 0 Å². The van der Waals surface area contributed by atoms with Crippen molar-refractivity contribution in [2.75, 3.05) is 0 Å². The summed E-state index contributed by atoms with van der Waals surface area (Å²) >= 11 is 5.49. The fourth-order valence-corrected chi connectivity index (χ4v) is 6.01. The fourth-order valence-electron chi connectivity index (χ4n) is 3.13. The lowest BCUT2D eigenvalue weighted by atomic mass is 10.0. The van der Waals surface area contributed by atoms with Gasteiger partial charge in [0.05, 0.1) is 32.1 Å². The molecule has 3 heterocycles. The molecule has 2 unspecified atom stereocenters. The van der Waals surface area contributed by atoms with E-state index in [4.69, 9.17) is 15.0 Å². The molecule has 3 aromatic heterocycles. The van der Waals surface area contributed by atoms with Crippen molar-refractivity contribution in [3.8, 4) is 0 Å². The first kappa shape index (κ1) is 21.6. The van der Waals surface area contributed by atoms with Crippen molar-refractivity contribution in [3.63, 3.8) is 0 Å². The molecule has 0 saturated carbocycles. The molecule has 0 amide bonds. The van der Waals surface area contributed by atoms with Crippen molar-refractivity contribution < 1.29 is 0 Å². The lowest BCUT2D eigenvalue weighted by molar-refractivity contribution is 0.658. The Kier molecular flexibility index (Phi) is 7.05. The summed E-state index contributed by atoms with van der Waals surface area (Å²) in [5, 5.41) is 5.98. The molecule has 0 fully saturated rings. The standard InChI is InChI=1S/C22H31N3S3/c1-12(2)20-24-18(11-26-20)9-8-13(3)21-25-19(17(7)28-21)10-14(4)22-23-15(5)16(6)27-22/h11-14H,8-10H2,1-7H3. The number of rotatable bonds is 8. The van der Waals surface area contributed by atoms with Crippen LogP contribution in [0.15, 0.2) is 5.38 Å². The molecule has 0 aliphatic heterocycles. The minimum absolute atomic E-state index is 0.422. The second-order valence-corrected chi connectivity index (χ2v) is 11.5. The van der Waals surface area contributed by atoms with Crippen molar-refractivity contribution in [1.82, 2.24) is 15.0 Å². The molecular weight excluding hydrogens is 402 g/mol. The summed E-state index contributed by atoms with van der Waals surface area (Å²) in [6.07, 6.45) is 3.12. The molecule has 0 bridgehead atoms. The molecule has 0 aliphatic carbocycles. The summed E-state index contributed by atoms with van der Waals surface area (Å²) in [6.45, 7) is 15.5. The first-order valence-electron chi connectivity index (χ1n) is 10.1. The van der Waals surface area contributed by atoms with Crippen LogP contribution in [0.2, 0.25) is 0 Å². The highest BCUT2D eigenvalue weighted by Gasteiger charge is 2.19. The molecule has 0 saturated heterocycles. The summed E-state index contributed by atoms with van der Waals surface area (Å²) in [5.41, 5.74) is 3.65. The Morgan fingerprint density at radius 1 is 0.821 bits per heavy atom. The van der Waals surface area contributed by atoms with Gasteiger partial charge in [-0.25, -0.2) is 15.0 Å². The maximum Gasteiger partial charge on any atom is 0.0962 e. The summed E-state index contributed by atoms with van der Waals surface area (Å²) in [6, 6.07) is 0. The summed E-state index contributed by atoms with van der Waals surface area (Å²) in [4.78, 5) is 17.2. The fraction of sp³-hybridized carbons (Fsp3) is 0.591. The van der Waals surface area contributed by atoms with Gasteiger partial charge >= 0.3 is 0 Å². The third-order valence-corrected chi connectivity index (χ3v) is 8.94. The van der Waals surface area contributed by atoms with E-state index < -0.39 is 0 Å². The highest BCUT2D eigenvalue weighted by atomic mass is 32.1. The largest absolute Gasteiger partial charge is 0.246 e. The van der Waals surface area contributed by atoms with Crippen LogP contribution in [0, 0.1) is 20.8 Å². The maximum atomic E-state index is 5.03. The van der Waals surface area contributed by atoms with E-state index in [0.29, 0.717) is 17.8 Å². The number of hydrogen-bond donors (Lipinski definition) is 0. The lowest BCUT2D eigenvalue weighted by Gasteiger charge is -2.08. The van der Waals surface area contributed by atoms with E-state index >= 15 is 0 Å². The molecule has 0 aromatic carbocycles. The van der Waals surface area contributed by atoms with E-state index in [1.165, 1.54) is 41.9 Å². The van der Waals surface area contributed by atoms with E-state index in [0.717, 1.165) is 19.3 Å². The van der Waals surface area contributed by atoms with Gasteiger partial charge in [0.25, 0.3) is 0 Å². The number of hydrogen-bond acceptors (Lipinski definition) is 6. The summed E-state index contributed by atoms with van der Waals surface area (Å²) in [5.74, 6) is 1.42. The quantitative estimate of drug-likeness (QED) is 0.377. The molecule has 0 radical (unpaired) electrons. The van der Waals surface area contributed by atoms with Crippen LogP contribution in [0.5, 0.6) is 0 Å². The Bertz CT molecular complexity index is 900. The molecule has 3 aromatic rings. The van der Waals surface area contributed by atoms with Crippen LogP contribution in [0.3, 0.4) is 0 Å². The van der Waals surface area contributed by atoms with Crippen LogP contribution >= 0.6 is 34.0 Å². The normalized spacial score (nSPS) is 14.0. The van der Waals surface area contributed by atoms with Crippen molar-refractivity contribution in [2.45, 2.75) is 85.5 Å². The van der Waals surface area contributed by atoms with Crippen LogP contribution in [-0.2, 0) is 12.8 Å². The predicted octanol–water partition coefficient (Wildman–Crippen LogP) is 7.19. The van der Waals surface area contributed by atoms with E-state index in [1.807, 2.05) is 22.7 Å². The zero-order valence-corrected chi connectivity index (χ0v) is 20.4. The minimum Gasteiger partial charge on any atom is -0.246 e. The van der Waals surface area contributed by atoms with Crippen LogP contribution in [0.1, 0.15) is 93.7 Å². The van der Waals surface area contributed by atoms with Crippen molar-refractivity contribution in [3.05, 3.63) is 47.2 Å². The van der Waals surface area contributed by atoms with Gasteiger partial charge < -0.3 is 0 Å². The number of thiazole rings is 3. The van der Waals surface area contributed by atoms with Crippen LogP contribution in [0.25, 0.3) is 0 Å². The summed E-state index contributed by atoms with van der Waals surface area (Å²) in [7, 11) is 0. The molecule has 6 heteroatoms. The van der Waals surface area contributed by atoms with Crippen molar-refractivity contribution >= 4 is 34.0 Å². The average molecular weight is 434 g/mol. The zero-order valence-electron chi connectivity index (χ0n) is 18.0. The van der Waals surface area contributed by atoms with Gasteiger partial charge in [-0.2, -0.15) is 0 Å². The van der Waals surface area contributed by atoms with Gasteiger partial charge in [-0.15, -0.1) is 34.0 Å². The molecule has 152 valence electrons. The lowest BCUT2D eigenvalue weighted by Crippen LogP contribution is -2.01. The minimum atomic E-state index is 0.422. The van der Waals surface area contributed by atoms with Gasteiger partial charge in [0, 0.05) is 32.9 Å². The number of aromatic nitrogens is 3. The maximum absolute atomic E-state index is 5.03. The average Bonchev–Trinajstić information content (AvgIpc) is 3.34. The molecule has 28 heavy (non-hydrogen) atoms. The molecular formula is C22H31N3S3. The SMILES string of the molecule is Cc1nc(C(C)Cc2nc(C(C)CCc3csc(C(C)C)n3)sc2C)sc1C. The van der Waals surface area contributed by atoms with Gasteiger partial charge in [-0.3, -0.25) is 0 Å². The second kappa shape index (κ2) is 9.14. The first-order valence-corrected chi connectivity index (χ1v) is 12.6. The topological polar surface area (TPSA) is 38.7 Å². The van der Waals surface area contributed by atoms with Gasteiger partial charge in [0.2, 0.25) is 0 Å². The Morgan fingerprint density at radius 3 is 2.11 bits per heavy atom. The molecule has 0 aliphatic rings. The zero-order chi connectivity index (χ0) is 20.4. The second-order valence-electron chi connectivity index (χ2n) is 8.13. The molecule has 3 rings (SSSR count). The van der Waals surface area contributed by atoms with E-state index in [1.54, 1.807) is 11.3 Å².